The average Bonchev–Trinajstić information content (AvgIpc) is 2.56. The second-order valence-corrected chi connectivity index (χ2v) is 4.10. The molecule has 2 rings (SSSR count). The van der Waals surface area contributed by atoms with Crippen molar-refractivity contribution in [1.82, 2.24) is 14.8 Å². The predicted octanol–water partition coefficient (Wildman–Crippen LogP) is 2.36. The van der Waals surface area contributed by atoms with Crippen LogP contribution in [-0.4, -0.2) is 25.8 Å². The summed E-state index contributed by atoms with van der Waals surface area (Å²) in [5, 5.41) is 13.9. The third-order valence-electron chi connectivity index (χ3n) is 2.25. The molecule has 0 bridgehead atoms. The van der Waals surface area contributed by atoms with Gasteiger partial charge in [0.15, 0.2) is 5.69 Å². The highest BCUT2D eigenvalue weighted by Crippen LogP contribution is 2.23. The predicted molar refractivity (Wildman–Crippen MR) is 59.9 cm³/mol. The molecule has 0 aliphatic rings. The second kappa shape index (κ2) is 3.75. The van der Waals surface area contributed by atoms with Gasteiger partial charge in [-0.15, -0.1) is 0 Å². The van der Waals surface area contributed by atoms with Gasteiger partial charge in [0.2, 0.25) is 0 Å². The van der Waals surface area contributed by atoms with Crippen molar-refractivity contribution >= 4 is 28.5 Å². The Morgan fingerprint density at radius 1 is 1.56 bits per heavy atom. The number of fused-ring (bicyclic) bond motifs is 1. The summed E-state index contributed by atoms with van der Waals surface area (Å²) in [5.74, 6) is -1.06. The van der Waals surface area contributed by atoms with E-state index in [4.69, 9.17) is 16.7 Å². The van der Waals surface area contributed by atoms with Crippen LogP contribution in [0.15, 0.2) is 12.3 Å². The Kier molecular flexibility index (Phi) is 2.55. The van der Waals surface area contributed by atoms with E-state index in [-0.39, 0.29) is 11.7 Å². The molecule has 2 aromatic rings. The van der Waals surface area contributed by atoms with Crippen LogP contribution in [0, 0.1) is 0 Å². The standard InChI is InChI=1S/C10H10ClN3O2/c1-5(2)14-7-3-8(11)12-4-6(7)9(13-14)10(15)16/h3-5H,1-2H3,(H,15,16). The normalized spacial score (nSPS) is 11.2. The molecule has 0 saturated carbocycles. The van der Waals surface area contributed by atoms with Crippen LogP contribution in [0.25, 0.3) is 10.9 Å². The van der Waals surface area contributed by atoms with E-state index >= 15 is 0 Å². The first kappa shape index (κ1) is 10.9. The van der Waals surface area contributed by atoms with Gasteiger partial charge < -0.3 is 5.11 Å². The van der Waals surface area contributed by atoms with E-state index in [1.165, 1.54) is 6.20 Å². The van der Waals surface area contributed by atoms with Crippen molar-refractivity contribution in [3.05, 3.63) is 23.1 Å². The van der Waals surface area contributed by atoms with Crippen LogP contribution >= 0.6 is 11.6 Å². The lowest BCUT2D eigenvalue weighted by molar-refractivity contribution is 0.0691. The van der Waals surface area contributed by atoms with Crippen LogP contribution in [-0.2, 0) is 0 Å². The molecule has 6 heteroatoms. The Balaban J connectivity index is 2.81. The van der Waals surface area contributed by atoms with Crippen molar-refractivity contribution in [2.24, 2.45) is 0 Å². The quantitative estimate of drug-likeness (QED) is 0.817. The fourth-order valence-corrected chi connectivity index (χ4v) is 1.71. The van der Waals surface area contributed by atoms with Crippen LogP contribution in [0.2, 0.25) is 5.15 Å². The van der Waals surface area contributed by atoms with Gasteiger partial charge in [-0.3, -0.25) is 4.68 Å². The lowest BCUT2D eigenvalue weighted by atomic mass is 10.2. The molecule has 5 nitrogen and oxygen atoms in total. The first-order chi connectivity index (χ1) is 7.50. The van der Waals surface area contributed by atoms with Gasteiger partial charge >= 0.3 is 5.97 Å². The summed E-state index contributed by atoms with van der Waals surface area (Å²) in [7, 11) is 0. The molecule has 0 unspecified atom stereocenters. The molecule has 0 aliphatic carbocycles. The van der Waals surface area contributed by atoms with Gasteiger partial charge in [0.05, 0.1) is 10.9 Å². The molecule has 84 valence electrons. The summed E-state index contributed by atoms with van der Waals surface area (Å²) < 4.78 is 1.63. The lowest BCUT2D eigenvalue weighted by Gasteiger charge is -2.06. The van der Waals surface area contributed by atoms with Crippen molar-refractivity contribution in [3.63, 3.8) is 0 Å². The van der Waals surface area contributed by atoms with E-state index in [0.29, 0.717) is 16.1 Å². The lowest BCUT2D eigenvalue weighted by Crippen LogP contribution is -2.05. The smallest absolute Gasteiger partial charge is 0.357 e. The zero-order chi connectivity index (χ0) is 11.9. The number of carboxylic acids is 1. The summed E-state index contributed by atoms with van der Waals surface area (Å²) >= 11 is 5.78. The number of carbonyl (C=O) groups is 1. The van der Waals surface area contributed by atoms with Crippen LogP contribution in [0.3, 0.4) is 0 Å². The Hall–Kier alpha value is -1.62. The van der Waals surface area contributed by atoms with E-state index in [1.807, 2.05) is 13.8 Å². The highest BCUT2D eigenvalue weighted by Gasteiger charge is 2.18. The summed E-state index contributed by atoms with van der Waals surface area (Å²) in [6, 6.07) is 1.69. The van der Waals surface area contributed by atoms with E-state index in [0.717, 1.165) is 0 Å². The first-order valence-electron chi connectivity index (χ1n) is 4.77. The Morgan fingerprint density at radius 2 is 2.25 bits per heavy atom. The van der Waals surface area contributed by atoms with Crippen molar-refractivity contribution in [3.8, 4) is 0 Å². The van der Waals surface area contributed by atoms with Crippen LogP contribution < -0.4 is 0 Å². The Bertz CT molecular complexity index is 562. The minimum absolute atomic E-state index is 0.00728. The number of carboxylic acid groups (broad SMARTS) is 1. The van der Waals surface area contributed by atoms with Crippen LogP contribution in [0.1, 0.15) is 30.4 Å². The Labute approximate surface area is 96.7 Å². The molecule has 1 N–H and O–H groups in total. The zero-order valence-electron chi connectivity index (χ0n) is 8.81. The van der Waals surface area contributed by atoms with Crippen molar-refractivity contribution < 1.29 is 9.90 Å². The summed E-state index contributed by atoms with van der Waals surface area (Å²) in [6.45, 7) is 3.85. The summed E-state index contributed by atoms with van der Waals surface area (Å²) in [4.78, 5) is 14.9. The summed E-state index contributed by atoms with van der Waals surface area (Å²) in [6.07, 6.45) is 1.44. The molecule has 2 heterocycles. The van der Waals surface area contributed by atoms with Gasteiger partial charge in [-0.25, -0.2) is 9.78 Å². The van der Waals surface area contributed by atoms with Crippen molar-refractivity contribution in [2.75, 3.05) is 0 Å². The van der Waals surface area contributed by atoms with Gasteiger partial charge in [0, 0.05) is 18.3 Å². The maximum absolute atomic E-state index is 11.0. The van der Waals surface area contributed by atoms with E-state index in [2.05, 4.69) is 10.1 Å². The minimum Gasteiger partial charge on any atom is -0.476 e. The van der Waals surface area contributed by atoms with E-state index in [9.17, 15) is 4.79 Å². The number of nitrogens with zero attached hydrogens (tertiary/aromatic N) is 3. The topological polar surface area (TPSA) is 68.0 Å². The third-order valence-corrected chi connectivity index (χ3v) is 2.46. The number of aromatic carboxylic acids is 1. The minimum atomic E-state index is -1.06. The number of pyridine rings is 1. The molecule has 0 saturated heterocycles. The van der Waals surface area contributed by atoms with Crippen molar-refractivity contribution in [2.45, 2.75) is 19.9 Å². The van der Waals surface area contributed by atoms with Gasteiger partial charge in [0.25, 0.3) is 0 Å². The molecule has 0 fully saturated rings. The summed E-state index contributed by atoms with van der Waals surface area (Å²) in [5.41, 5.74) is 0.695. The maximum atomic E-state index is 11.0. The molecule has 2 aromatic heterocycles. The largest absolute Gasteiger partial charge is 0.476 e. The molecular formula is C10H10ClN3O2. The molecule has 0 radical (unpaired) electrons. The molecule has 0 amide bonds. The zero-order valence-corrected chi connectivity index (χ0v) is 9.56. The Morgan fingerprint density at radius 3 is 2.81 bits per heavy atom. The van der Waals surface area contributed by atoms with Gasteiger partial charge in [-0.1, -0.05) is 11.6 Å². The fraction of sp³-hybridized carbons (Fsp3) is 0.300. The molecule has 0 aromatic carbocycles. The highest BCUT2D eigenvalue weighted by molar-refractivity contribution is 6.30. The first-order valence-corrected chi connectivity index (χ1v) is 5.15. The maximum Gasteiger partial charge on any atom is 0.357 e. The van der Waals surface area contributed by atoms with Gasteiger partial charge in [0.1, 0.15) is 5.15 Å². The monoisotopic (exact) mass is 239 g/mol. The number of aromatic nitrogens is 3. The third kappa shape index (κ3) is 1.63. The molecular weight excluding hydrogens is 230 g/mol. The number of rotatable bonds is 2. The molecule has 0 spiro atoms. The molecule has 0 atom stereocenters. The second-order valence-electron chi connectivity index (χ2n) is 3.72. The van der Waals surface area contributed by atoms with E-state index in [1.54, 1.807) is 10.7 Å². The van der Waals surface area contributed by atoms with E-state index < -0.39 is 5.97 Å². The van der Waals surface area contributed by atoms with Gasteiger partial charge in [-0.2, -0.15) is 5.10 Å². The molecule has 16 heavy (non-hydrogen) atoms. The van der Waals surface area contributed by atoms with Crippen molar-refractivity contribution in [1.29, 1.82) is 0 Å². The van der Waals surface area contributed by atoms with Crippen LogP contribution in [0.4, 0.5) is 0 Å². The SMILES string of the molecule is CC(C)n1nc(C(=O)O)c2cnc(Cl)cc21. The van der Waals surface area contributed by atoms with Crippen LogP contribution in [0.5, 0.6) is 0 Å². The fourth-order valence-electron chi connectivity index (χ4n) is 1.56. The molecule has 0 aliphatic heterocycles. The highest BCUT2D eigenvalue weighted by atomic mass is 35.5. The van der Waals surface area contributed by atoms with Gasteiger partial charge in [-0.05, 0) is 13.8 Å². The number of halogens is 1. The average molecular weight is 240 g/mol. The number of hydrogen-bond donors (Lipinski definition) is 1. The number of hydrogen-bond acceptors (Lipinski definition) is 3.